The van der Waals surface area contributed by atoms with E-state index in [1.54, 1.807) is 0 Å². The lowest BCUT2D eigenvalue weighted by molar-refractivity contribution is 1.48. The molecule has 0 nitrogen and oxygen atoms in total. The van der Waals surface area contributed by atoms with Crippen molar-refractivity contribution < 1.29 is 0 Å². The van der Waals surface area contributed by atoms with Crippen molar-refractivity contribution in [2.75, 3.05) is 0 Å². The Morgan fingerprint density at radius 1 is 1.00 bits per heavy atom. The smallest absolute Gasteiger partial charge is 0.00196 e. The SMILES string of the molecule is C=C1C2=c3ccc4c(c31)C2=CC=4. The van der Waals surface area contributed by atoms with Gasteiger partial charge in [-0.1, -0.05) is 30.9 Å². The lowest BCUT2D eigenvalue weighted by Gasteiger charge is -2.11. The third-order valence-electron chi connectivity index (χ3n) is 3.08. The minimum atomic E-state index is 1.27. The molecule has 0 spiro atoms. The van der Waals surface area contributed by atoms with Crippen LogP contribution in [0, 0.1) is 0 Å². The van der Waals surface area contributed by atoms with E-state index >= 15 is 0 Å². The molecule has 0 unspecified atom stereocenters. The van der Waals surface area contributed by atoms with Crippen LogP contribution >= 0.6 is 0 Å². The molecule has 54 valence electrons. The number of hydrogen-bond acceptors (Lipinski definition) is 0. The van der Waals surface area contributed by atoms with E-state index in [4.69, 9.17) is 0 Å². The van der Waals surface area contributed by atoms with Gasteiger partial charge in [-0.05, 0) is 38.3 Å². The van der Waals surface area contributed by atoms with Gasteiger partial charge in [-0.3, -0.25) is 0 Å². The Morgan fingerprint density at radius 2 is 1.92 bits per heavy atom. The summed E-state index contributed by atoms with van der Waals surface area (Å²) in [6.45, 7) is 4.07. The second kappa shape index (κ2) is 1.22. The molecule has 0 heterocycles. The fourth-order valence-corrected chi connectivity index (χ4v) is 2.57. The van der Waals surface area contributed by atoms with Crippen molar-refractivity contribution in [2.45, 2.75) is 0 Å². The molecule has 0 radical (unpaired) electrons. The fourth-order valence-electron chi connectivity index (χ4n) is 2.57. The number of fused-ring (bicyclic) bond motifs is 1. The standard InChI is InChI=1S/C12H6/c1-6-10-8-4-2-7-3-5-9(10)12(7)11(6)8/h2-5H,1H2. The van der Waals surface area contributed by atoms with Gasteiger partial charge in [0, 0.05) is 0 Å². The highest BCUT2D eigenvalue weighted by Crippen LogP contribution is 2.48. The number of rotatable bonds is 0. The largest absolute Gasteiger partial charge is 0.0905 e. The number of hydrogen-bond donors (Lipinski definition) is 0. The van der Waals surface area contributed by atoms with Crippen LogP contribution < -0.4 is 10.4 Å². The molecule has 3 aliphatic carbocycles. The van der Waals surface area contributed by atoms with Gasteiger partial charge in [-0.15, -0.1) is 0 Å². The second-order valence-corrected chi connectivity index (χ2v) is 3.55. The maximum atomic E-state index is 4.07. The second-order valence-electron chi connectivity index (χ2n) is 3.55. The Hall–Kier alpha value is -1.56. The van der Waals surface area contributed by atoms with Crippen LogP contribution in [0.25, 0.3) is 22.8 Å². The highest BCUT2D eigenvalue weighted by molar-refractivity contribution is 6.33. The quantitative estimate of drug-likeness (QED) is 0.518. The first-order valence-electron chi connectivity index (χ1n) is 4.17. The average molecular weight is 150 g/mol. The van der Waals surface area contributed by atoms with Crippen molar-refractivity contribution >= 4 is 22.8 Å². The summed E-state index contributed by atoms with van der Waals surface area (Å²) in [5, 5.41) is 2.80. The van der Waals surface area contributed by atoms with E-state index in [0.717, 1.165) is 0 Å². The molecule has 0 saturated heterocycles. The van der Waals surface area contributed by atoms with Crippen LogP contribution in [0.4, 0.5) is 0 Å². The Kier molecular flexibility index (Phi) is 0.525. The molecule has 0 aromatic heterocycles. The van der Waals surface area contributed by atoms with Gasteiger partial charge in [-0.25, -0.2) is 0 Å². The molecule has 3 aliphatic rings. The van der Waals surface area contributed by atoms with E-state index in [1.807, 2.05) is 0 Å². The Morgan fingerprint density at radius 3 is 2.83 bits per heavy atom. The highest BCUT2D eigenvalue weighted by atomic mass is 14.4. The first-order chi connectivity index (χ1) is 5.88. The Labute approximate surface area is 69.8 Å². The first-order valence-corrected chi connectivity index (χ1v) is 4.17. The lowest BCUT2D eigenvalue weighted by Crippen LogP contribution is -2.20. The monoisotopic (exact) mass is 150 g/mol. The summed E-state index contributed by atoms with van der Waals surface area (Å²) in [4.78, 5) is 0. The van der Waals surface area contributed by atoms with Crippen molar-refractivity contribution in [1.29, 1.82) is 0 Å². The number of allylic oxidation sites excluding steroid dienone is 3. The first kappa shape index (κ1) is 5.15. The van der Waals surface area contributed by atoms with Gasteiger partial charge in [0.25, 0.3) is 0 Å². The van der Waals surface area contributed by atoms with Crippen molar-refractivity contribution in [3.05, 3.63) is 46.4 Å². The number of benzene rings is 1. The topological polar surface area (TPSA) is 0 Å². The predicted octanol–water partition coefficient (Wildman–Crippen LogP) is 1.06. The van der Waals surface area contributed by atoms with Gasteiger partial charge in [0.05, 0.1) is 0 Å². The average Bonchev–Trinajstić information content (AvgIpc) is 2.60. The van der Waals surface area contributed by atoms with E-state index in [1.165, 1.54) is 38.3 Å². The zero-order valence-corrected chi connectivity index (χ0v) is 6.52. The van der Waals surface area contributed by atoms with Crippen LogP contribution in [0.5, 0.6) is 0 Å². The molecule has 0 saturated carbocycles. The zero-order chi connectivity index (χ0) is 7.87. The zero-order valence-electron chi connectivity index (χ0n) is 6.52. The third kappa shape index (κ3) is 0.286. The summed E-state index contributed by atoms with van der Waals surface area (Å²) in [7, 11) is 0. The summed E-state index contributed by atoms with van der Waals surface area (Å²) in [6.07, 6.45) is 4.41. The van der Waals surface area contributed by atoms with Gasteiger partial charge in [0.2, 0.25) is 0 Å². The van der Waals surface area contributed by atoms with Crippen LogP contribution in [-0.2, 0) is 0 Å². The summed E-state index contributed by atoms with van der Waals surface area (Å²) in [5.41, 5.74) is 6.96. The molecule has 12 heavy (non-hydrogen) atoms. The van der Waals surface area contributed by atoms with E-state index in [2.05, 4.69) is 30.9 Å². The summed E-state index contributed by atoms with van der Waals surface area (Å²) in [6, 6.07) is 4.42. The molecule has 4 rings (SSSR count). The summed E-state index contributed by atoms with van der Waals surface area (Å²) in [5.74, 6) is 0. The molecule has 4 bridgehead atoms. The van der Waals surface area contributed by atoms with Crippen molar-refractivity contribution in [1.82, 2.24) is 0 Å². The lowest BCUT2D eigenvalue weighted by atomic mass is 9.91. The Bertz CT molecular complexity index is 610. The van der Waals surface area contributed by atoms with Crippen molar-refractivity contribution in [3.63, 3.8) is 0 Å². The maximum Gasteiger partial charge on any atom is -0.00196 e. The van der Waals surface area contributed by atoms with Crippen LogP contribution in [0.15, 0.2) is 24.8 Å². The molecule has 1 aromatic carbocycles. The molecular weight excluding hydrogens is 144 g/mol. The molecule has 0 atom stereocenters. The van der Waals surface area contributed by atoms with E-state index in [-0.39, 0.29) is 0 Å². The maximum absolute atomic E-state index is 4.07. The highest BCUT2D eigenvalue weighted by Gasteiger charge is 2.36. The third-order valence-corrected chi connectivity index (χ3v) is 3.08. The molecule has 0 amide bonds. The summed E-state index contributed by atoms with van der Waals surface area (Å²) >= 11 is 0. The van der Waals surface area contributed by atoms with Crippen LogP contribution in [0.3, 0.4) is 0 Å². The van der Waals surface area contributed by atoms with E-state index < -0.39 is 0 Å². The van der Waals surface area contributed by atoms with Gasteiger partial charge in [0.1, 0.15) is 0 Å². The van der Waals surface area contributed by atoms with Gasteiger partial charge in [0.15, 0.2) is 0 Å². The molecule has 0 N–H and O–H groups in total. The molecular formula is C12H6. The van der Waals surface area contributed by atoms with E-state index in [9.17, 15) is 0 Å². The van der Waals surface area contributed by atoms with Gasteiger partial charge < -0.3 is 0 Å². The Balaban J connectivity index is 2.54. The van der Waals surface area contributed by atoms with Gasteiger partial charge in [-0.2, -0.15) is 0 Å². The van der Waals surface area contributed by atoms with Crippen LogP contribution in [0.2, 0.25) is 0 Å². The molecule has 0 aliphatic heterocycles. The van der Waals surface area contributed by atoms with Crippen molar-refractivity contribution in [2.24, 2.45) is 0 Å². The predicted molar refractivity (Wildman–Crippen MR) is 50.6 cm³/mol. The fraction of sp³-hybridized carbons (Fsp3) is 0. The summed E-state index contributed by atoms with van der Waals surface area (Å²) < 4.78 is 0. The minimum absolute atomic E-state index is 1.27. The van der Waals surface area contributed by atoms with Gasteiger partial charge >= 0.3 is 0 Å². The van der Waals surface area contributed by atoms with Crippen molar-refractivity contribution in [3.8, 4) is 0 Å². The van der Waals surface area contributed by atoms with E-state index in [0.29, 0.717) is 0 Å². The molecule has 1 aromatic rings. The molecule has 0 heteroatoms. The normalized spacial score (nSPS) is 19.2. The van der Waals surface area contributed by atoms with Crippen LogP contribution in [0.1, 0.15) is 11.1 Å². The molecule has 0 fully saturated rings. The minimum Gasteiger partial charge on any atom is -0.0905 e. The van der Waals surface area contributed by atoms with Crippen LogP contribution in [-0.4, -0.2) is 0 Å².